The van der Waals surface area contributed by atoms with E-state index in [0.717, 1.165) is 11.1 Å². The van der Waals surface area contributed by atoms with Crippen LogP contribution in [0.2, 0.25) is 0 Å². The zero-order chi connectivity index (χ0) is 20.5. The summed E-state index contributed by atoms with van der Waals surface area (Å²) in [6, 6.07) is 22.1. The molecule has 0 aliphatic carbocycles. The molecule has 0 saturated carbocycles. The highest BCUT2D eigenvalue weighted by atomic mass is 16.2. The molecule has 146 valence electrons. The Balaban J connectivity index is 1.70. The molecular formula is C24H17N3O3. The number of carbonyl (C=O) groups excluding carboxylic acids is 3. The Morgan fingerprint density at radius 3 is 1.60 bits per heavy atom. The molecule has 2 atom stereocenters. The molecule has 6 heteroatoms. The van der Waals surface area contributed by atoms with Gasteiger partial charge in [0.2, 0.25) is 17.7 Å². The molecule has 0 bridgehead atoms. The van der Waals surface area contributed by atoms with Gasteiger partial charge in [0.05, 0.1) is 11.8 Å². The van der Waals surface area contributed by atoms with Crippen LogP contribution in [0.5, 0.6) is 0 Å². The van der Waals surface area contributed by atoms with Gasteiger partial charge in [0, 0.05) is 17.1 Å². The van der Waals surface area contributed by atoms with Crippen molar-refractivity contribution >= 4 is 34.8 Å². The molecule has 0 radical (unpaired) electrons. The fraction of sp³-hybridized carbons (Fsp3) is 0.125. The predicted octanol–water partition coefficient (Wildman–Crippen LogP) is 3.35. The minimum absolute atomic E-state index is 0.278. The van der Waals surface area contributed by atoms with Crippen molar-refractivity contribution in [3.05, 3.63) is 89.5 Å². The standard InChI is InChI=1S/C24H17N3O3/c28-21-19(13-7-1-4-10-16(13)25-21)24(15-9-3-6-12-18(15)27-23(24)30)20-14-8-2-5-11-17(14)26-22(20)29/h1-12,19-20H,(H,25,28)(H,26,29)(H,27,30). The van der Waals surface area contributed by atoms with Crippen LogP contribution in [0.4, 0.5) is 17.1 Å². The second kappa shape index (κ2) is 5.79. The summed E-state index contributed by atoms with van der Waals surface area (Å²) in [4.78, 5) is 40.4. The van der Waals surface area contributed by atoms with E-state index in [0.29, 0.717) is 22.6 Å². The Morgan fingerprint density at radius 2 is 1.03 bits per heavy atom. The monoisotopic (exact) mass is 395 g/mol. The van der Waals surface area contributed by atoms with Crippen LogP contribution in [-0.4, -0.2) is 17.7 Å². The summed E-state index contributed by atoms with van der Waals surface area (Å²) in [5, 5.41) is 8.77. The van der Waals surface area contributed by atoms with Gasteiger partial charge in [-0.2, -0.15) is 0 Å². The van der Waals surface area contributed by atoms with Gasteiger partial charge in [0.25, 0.3) is 0 Å². The van der Waals surface area contributed by atoms with Crippen molar-refractivity contribution in [2.24, 2.45) is 0 Å². The van der Waals surface area contributed by atoms with Gasteiger partial charge in [-0.3, -0.25) is 14.4 Å². The van der Waals surface area contributed by atoms with E-state index in [9.17, 15) is 14.4 Å². The summed E-state index contributed by atoms with van der Waals surface area (Å²) in [5.41, 5.74) is 2.72. The Morgan fingerprint density at radius 1 is 0.567 bits per heavy atom. The first kappa shape index (κ1) is 17.0. The quantitative estimate of drug-likeness (QED) is 0.622. The van der Waals surface area contributed by atoms with Gasteiger partial charge < -0.3 is 16.0 Å². The lowest BCUT2D eigenvalue weighted by Gasteiger charge is -2.37. The lowest BCUT2D eigenvalue weighted by atomic mass is 9.59. The SMILES string of the molecule is O=C1Nc2ccccc2C1C1(C2C(=O)Nc3ccccc32)C(=O)Nc2ccccc21. The first-order valence-corrected chi connectivity index (χ1v) is 9.83. The number of carbonyl (C=O) groups is 3. The van der Waals surface area contributed by atoms with E-state index in [-0.39, 0.29) is 17.7 Å². The number of anilines is 3. The van der Waals surface area contributed by atoms with Crippen LogP contribution in [0.3, 0.4) is 0 Å². The van der Waals surface area contributed by atoms with Crippen LogP contribution >= 0.6 is 0 Å². The maximum atomic E-state index is 13.8. The van der Waals surface area contributed by atoms with Crippen molar-refractivity contribution in [1.29, 1.82) is 0 Å². The topological polar surface area (TPSA) is 87.3 Å². The van der Waals surface area contributed by atoms with Gasteiger partial charge in [-0.05, 0) is 34.9 Å². The van der Waals surface area contributed by atoms with Crippen LogP contribution in [0.25, 0.3) is 0 Å². The average Bonchev–Trinajstić information content (AvgIpc) is 3.35. The molecule has 3 aromatic carbocycles. The molecule has 3 heterocycles. The normalized spacial score (nSPS) is 25.8. The average molecular weight is 395 g/mol. The third kappa shape index (κ3) is 1.95. The fourth-order valence-electron chi connectivity index (χ4n) is 5.36. The van der Waals surface area contributed by atoms with Crippen LogP contribution < -0.4 is 16.0 Å². The smallest absolute Gasteiger partial charge is 0.237 e. The van der Waals surface area contributed by atoms with E-state index in [1.165, 1.54) is 0 Å². The van der Waals surface area contributed by atoms with Gasteiger partial charge in [0.1, 0.15) is 5.41 Å². The molecule has 3 aromatic rings. The second-order valence-corrected chi connectivity index (χ2v) is 7.89. The third-order valence-electron chi connectivity index (χ3n) is 6.49. The minimum atomic E-state index is -1.40. The Kier molecular flexibility index (Phi) is 3.28. The van der Waals surface area contributed by atoms with Crippen molar-refractivity contribution in [1.82, 2.24) is 0 Å². The first-order valence-electron chi connectivity index (χ1n) is 9.83. The van der Waals surface area contributed by atoms with Crippen LogP contribution in [0.15, 0.2) is 72.8 Å². The van der Waals surface area contributed by atoms with Gasteiger partial charge in [-0.1, -0.05) is 54.6 Å². The molecule has 0 aromatic heterocycles. The summed E-state index contributed by atoms with van der Waals surface area (Å²) >= 11 is 0. The number of nitrogens with one attached hydrogen (secondary N) is 3. The number of hydrogen-bond acceptors (Lipinski definition) is 3. The van der Waals surface area contributed by atoms with Gasteiger partial charge in [0.15, 0.2) is 0 Å². The van der Waals surface area contributed by atoms with Crippen molar-refractivity contribution in [2.75, 3.05) is 16.0 Å². The number of amides is 3. The van der Waals surface area contributed by atoms with Gasteiger partial charge >= 0.3 is 0 Å². The molecule has 0 saturated heterocycles. The zero-order valence-electron chi connectivity index (χ0n) is 15.8. The van der Waals surface area contributed by atoms with E-state index in [1.807, 2.05) is 72.8 Å². The van der Waals surface area contributed by atoms with Crippen molar-refractivity contribution < 1.29 is 14.4 Å². The molecule has 2 unspecified atom stereocenters. The van der Waals surface area contributed by atoms with Crippen molar-refractivity contribution in [2.45, 2.75) is 17.3 Å². The first-order chi connectivity index (χ1) is 14.6. The highest BCUT2D eigenvalue weighted by molar-refractivity contribution is 6.20. The fourth-order valence-corrected chi connectivity index (χ4v) is 5.36. The lowest BCUT2D eigenvalue weighted by molar-refractivity contribution is -0.131. The van der Waals surface area contributed by atoms with E-state index in [2.05, 4.69) is 16.0 Å². The predicted molar refractivity (Wildman–Crippen MR) is 112 cm³/mol. The highest BCUT2D eigenvalue weighted by Crippen LogP contribution is 2.59. The molecule has 3 aliphatic rings. The number of benzene rings is 3. The third-order valence-corrected chi connectivity index (χ3v) is 6.49. The van der Waals surface area contributed by atoms with Gasteiger partial charge in [-0.15, -0.1) is 0 Å². The molecular weight excluding hydrogens is 378 g/mol. The molecule has 6 rings (SSSR count). The summed E-state index contributed by atoms with van der Waals surface area (Å²) < 4.78 is 0. The molecule has 0 fully saturated rings. The van der Waals surface area contributed by atoms with E-state index in [4.69, 9.17) is 0 Å². The van der Waals surface area contributed by atoms with E-state index in [1.54, 1.807) is 0 Å². The van der Waals surface area contributed by atoms with Crippen LogP contribution in [0.1, 0.15) is 28.5 Å². The second-order valence-electron chi connectivity index (χ2n) is 7.89. The summed E-state index contributed by atoms with van der Waals surface area (Å²) in [5.74, 6) is -2.56. The molecule has 6 nitrogen and oxygen atoms in total. The summed E-state index contributed by atoms with van der Waals surface area (Å²) in [6.07, 6.45) is 0. The molecule has 3 aliphatic heterocycles. The number of fused-ring (bicyclic) bond motifs is 3. The molecule has 0 spiro atoms. The zero-order valence-corrected chi connectivity index (χ0v) is 15.8. The maximum absolute atomic E-state index is 13.8. The van der Waals surface area contributed by atoms with Crippen molar-refractivity contribution in [3.63, 3.8) is 0 Å². The Hall–Kier alpha value is -3.93. The highest BCUT2D eigenvalue weighted by Gasteiger charge is 2.65. The van der Waals surface area contributed by atoms with Gasteiger partial charge in [-0.25, -0.2) is 0 Å². The molecule has 3 amide bonds. The number of hydrogen-bond donors (Lipinski definition) is 3. The Labute approximate surface area is 172 Å². The van der Waals surface area contributed by atoms with Crippen LogP contribution in [-0.2, 0) is 19.8 Å². The van der Waals surface area contributed by atoms with Crippen LogP contribution in [0, 0.1) is 0 Å². The summed E-state index contributed by atoms with van der Waals surface area (Å²) in [6.45, 7) is 0. The maximum Gasteiger partial charge on any atom is 0.237 e. The molecule has 30 heavy (non-hydrogen) atoms. The van der Waals surface area contributed by atoms with E-state index >= 15 is 0 Å². The largest absolute Gasteiger partial charge is 0.325 e. The van der Waals surface area contributed by atoms with E-state index < -0.39 is 17.3 Å². The minimum Gasteiger partial charge on any atom is -0.325 e. The number of para-hydroxylation sites is 3. The summed E-state index contributed by atoms with van der Waals surface area (Å²) in [7, 11) is 0. The number of rotatable bonds is 2. The Bertz CT molecular complexity index is 1200. The van der Waals surface area contributed by atoms with Crippen molar-refractivity contribution in [3.8, 4) is 0 Å². The lowest BCUT2D eigenvalue weighted by Crippen LogP contribution is -2.50. The molecule has 3 N–H and O–H groups in total.